The molecule has 0 aliphatic rings. The number of aromatic hydroxyl groups is 1. The highest BCUT2D eigenvalue weighted by atomic mass is 32.2. The lowest BCUT2D eigenvalue weighted by Gasteiger charge is -2.00. The number of phenolic OH excluding ortho intramolecular Hbond substituents is 1. The third-order valence-corrected chi connectivity index (χ3v) is 2.78. The molecular formula is C12H9OS. The monoisotopic (exact) mass is 201 g/mol. The van der Waals surface area contributed by atoms with Gasteiger partial charge in [0.25, 0.3) is 0 Å². The van der Waals surface area contributed by atoms with Crippen LogP contribution >= 0.6 is 11.8 Å². The first-order valence-corrected chi connectivity index (χ1v) is 5.09. The smallest absolute Gasteiger partial charge is 0.115 e. The second kappa shape index (κ2) is 4.20. The average molecular weight is 201 g/mol. The highest BCUT2D eigenvalue weighted by Gasteiger charge is 1.95. The van der Waals surface area contributed by atoms with Crippen molar-refractivity contribution in [1.29, 1.82) is 0 Å². The molecule has 0 aliphatic heterocycles. The van der Waals surface area contributed by atoms with Crippen molar-refractivity contribution in [2.45, 2.75) is 9.79 Å². The molecule has 2 aromatic rings. The van der Waals surface area contributed by atoms with E-state index in [1.165, 1.54) is 4.90 Å². The molecule has 1 radical (unpaired) electrons. The molecule has 14 heavy (non-hydrogen) atoms. The topological polar surface area (TPSA) is 20.2 Å². The molecule has 0 saturated heterocycles. The molecule has 2 rings (SSSR count). The zero-order valence-corrected chi connectivity index (χ0v) is 8.29. The predicted octanol–water partition coefficient (Wildman–Crippen LogP) is 3.34. The summed E-state index contributed by atoms with van der Waals surface area (Å²) in [6, 6.07) is 18.0. The summed E-state index contributed by atoms with van der Waals surface area (Å²) in [6.07, 6.45) is 0. The molecule has 0 aromatic heterocycles. The molecular weight excluding hydrogens is 192 g/mol. The molecule has 0 atom stereocenters. The van der Waals surface area contributed by atoms with Crippen LogP contribution in [-0.4, -0.2) is 5.11 Å². The van der Waals surface area contributed by atoms with Gasteiger partial charge in [-0.25, -0.2) is 0 Å². The molecule has 1 N–H and O–H groups in total. The molecule has 0 unspecified atom stereocenters. The fourth-order valence-electron chi connectivity index (χ4n) is 1.09. The third kappa shape index (κ3) is 2.30. The fourth-order valence-corrected chi connectivity index (χ4v) is 1.91. The molecule has 0 aliphatic carbocycles. The Labute approximate surface area is 87.4 Å². The van der Waals surface area contributed by atoms with E-state index in [0.717, 1.165) is 4.90 Å². The lowest BCUT2D eigenvalue weighted by atomic mass is 10.3. The number of phenols is 1. The molecule has 69 valence electrons. The van der Waals surface area contributed by atoms with Crippen LogP contribution in [0.15, 0.2) is 58.3 Å². The summed E-state index contributed by atoms with van der Waals surface area (Å²) in [5.74, 6) is 0.302. The van der Waals surface area contributed by atoms with E-state index in [9.17, 15) is 0 Å². The molecule has 0 saturated carbocycles. The number of rotatable bonds is 2. The first kappa shape index (κ1) is 9.16. The first-order valence-electron chi connectivity index (χ1n) is 4.27. The van der Waals surface area contributed by atoms with Crippen LogP contribution < -0.4 is 0 Å². The third-order valence-electron chi connectivity index (χ3n) is 1.76. The largest absolute Gasteiger partial charge is 0.508 e. The van der Waals surface area contributed by atoms with Crippen molar-refractivity contribution in [3.05, 3.63) is 54.6 Å². The fraction of sp³-hybridized carbons (Fsp3) is 0. The summed E-state index contributed by atoms with van der Waals surface area (Å²) in [5.41, 5.74) is 0. The predicted molar refractivity (Wildman–Crippen MR) is 57.5 cm³/mol. The van der Waals surface area contributed by atoms with E-state index in [1.807, 2.05) is 36.4 Å². The Balaban J connectivity index is 2.16. The Morgan fingerprint density at radius 3 is 2.07 bits per heavy atom. The van der Waals surface area contributed by atoms with Gasteiger partial charge in [0.1, 0.15) is 5.75 Å². The van der Waals surface area contributed by atoms with Crippen LogP contribution in [-0.2, 0) is 0 Å². The van der Waals surface area contributed by atoms with Crippen molar-refractivity contribution < 1.29 is 5.11 Å². The second-order valence-corrected chi connectivity index (χ2v) is 3.98. The van der Waals surface area contributed by atoms with E-state index in [2.05, 4.69) is 6.07 Å². The van der Waals surface area contributed by atoms with Gasteiger partial charge in [-0.15, -0.1) is 0 Å². The maximum atomic E-state index is 9.11. The van der Waals surface area contributed by atoms with Gasteiger partial charge in [0, 0.05) is 9.79 Å². The summed E-state index contributed by atoms with van der Waals surface area (Å²) in [7, 11) is 0. The van der Waals surface area contributed by atoms with Crippen molar-refractivity contribution in [2.75, 3.05) is 0 Å². The van der Waals surface area contributed by atoms with Gasteiger partial charge >= 0.3 is 0 Å². The average Bonchev–Trinajstić information content (AvgIpc) is 2.23. The van der Waals surface area contributed by atoms with Gasteiger partial charge in [-0.1, -0.05) is 23.9 Å². The standard InChI is InChI=1S/C12H9OS/c13-10-6-8-12(9-7-10)14-11-4-2-1-3-5-11/h2-9,13H. The number of hydrogen-bond donors (Lipinski definition) is 1. The minimum absolute atomic E-state index is 0.302. The van der Waals surface area contributed by atoms with Gasteiger partial charge in [0.05, 0.1) is 0 Å². The molecule has 2 aromatic carbocycles. The summed E-state index contributed by atoms with van der Waals surface area (Å²) >= 11 is 1.67. The number of hydrogen-bond acceptors (Lipinski definition) is 2. The number of benzene rings is 2. The highest BCUT2D eigenvalue weighted by Crippen LogP contribution is 2.28. The Morgan fingerprint density at radius 2 is 1.43 bits per heavy atom. The highest BCUT2D eigenvalue weighted by molar-refractivity contribution is 7.99. The SMILES string of the molecule is Oc1ccc(Sc2cc[c]cc2)cc1. The van der Waals surface area contributed by atoms with Crippen LogP contribution in [0.3, 0.4) is 0 Å². The molecule has 0 heterocycles. The van der Waals surface area contributed by atoms with Gasteiger partial charge in [-0.3, -0.25) is 0 Å². The second-order valence-electron chi connectivity index (χ2n) is 2.83. The van der Waals surface area contributed by atoms with E-state index >= 15 is 0 Å². The van der Waals surface area contributed by atoms with E-state index < -0.39 is 0 Å². The van der Waals surface area contributed by atoms with Crippen LogP contribution in [0.4, 0.5) is 0 Å². The zero-order valence-electron chi connectivity index (χ0n) is 7.47. The van der Waals surface area contributed by atoms with Gasteiger partial charge in [-0.05, 0) is 42.5 Å². The van der Waals surface area contributed by atoms with Gasteiger partial charge in [-0.2, -0.15) is 0 Å². The minimum Gasteiger partial charge on any atom is -0.508 e. The van der Waals surface area contributed by atoms with Crippen LogP contribution in [0.25, 0.3) is 0 Å². The molecule has 0 bridgehead atoms. The first-order chi connectivity index (χ1) is 6.84. The molecule has 1 nitrogen and oxygen atoms in total. The summed E-state index contributed by atoms with van der Waals surface area (Å²) < 4.78 is 0. The maximum absolute atomic E-state index is 9.11. The molecule has 0 spiro atoms. The summed E-state index contributed by atoms with van der Waals surface area (Å²) in [4.78, 5) is 2.29. The van der Waals surface area contributed by atoms with Crippen LogP contribution in [0.2, 0.25) is 0 Å². The molecule has 2 heteroatoms. The van der Waals surface area contributed by atoms with Crippen LogP contribution in [0.1, 0.15) is 0 Å². The van der Waals surface area contributed by atoms with Crippen LogP contribution in [0, 0.1) is 6.07 Å². The van der Waals surface area contributed by atoms with E-state index in [1.54, 1.807) is 23.9 Å². The minimum atomic E-state index is 0.302. The lowest BCUT2D eigenvalue weighted by Crippen LogP contribution is -1.72. The Hall–Kier alpha value is -1.41. The Kier molecular flexibility index (Phi) is 2.75. The van der Waals surface area contributed by atoms with E-state index in [4.69, 9.17) is 5.11 Å². The van der Waals surface area contributed by atoms with Crippen molar-refractivity contribution >= 4 is 11.8 Å². The zero-order chi connectivity index (χ0) is 9.80. The maximum Gasteiger partial charge on any atom is 0.115 e. The summed E-state index contributed by atoms with van der Waals surface area (Å²) in [5, 5.41) is 9.11. The Bertz CT molecular complexity index is 394. The van der Waals surface area contributed by atoms with Crippen molar-refractivity contribution in [1.82, 2.24) is 0 Å². The summed E-state index contributed by atoms with van der Waals surface area (Å²) in [6.45, 7) is 0. The van der Waals surface area contributed by atoms with Gasteiger partial charge < -0.3 is 5.11 Å². The van der Waals surface area contributed by atoms with E-state index in [-0.39, 0.29) is 0 Å². The van der Waals surface area contributed by atoms with Gasteiger partial charge in [0.15, 0.2) is 0 Å². The van der Waals surface area contributed by atoms with Gasteiger partial charge in [0.2, 0.25) is 0 Å². The van der Waals surface area contributed by atoms with Crippen molar-refractivity contribution in [2.24, 2.45) is 0 Å². The van der Waals surface area contributed by atoms with Crippen molar-refractivity contribution in [3.8, 4) is 5.75 Å². The van der Waals surface area contributed by atoms with Crippen molar-refractivity contribution in [3.63, 3.8) is 0 Å². The normalized spacial score (nSPS) is 10.0. The quantitative estimate of drug-likeness (QED) is 0.804. The molecule has 0 amide bonds. The Morgan fingerprint density at radius 1 is 0.857 bits per heavy atom. The molecule has 0 fully saturated rings. The lowest BCUT2D eigenvalue weighted by molar-refractivity contribution is 0.475. The van der Waals surface area contributed by atoms with E-state index in [0.29, 0.717) is 5.75 Å². The van der Waals surface area contributed by atoms with Crippen LogP contribution in [0.5, 0.6) is 5.75 Å².